The van der Waals surface area contributed by atoms with E-state index in [9.17, 15) is 0 Å². The molecule has 3 N–H and O–H groups in total. The lowest BCUT2D eigenvalue weighted by molar-refractivity contribution is 0.412. The molecule has 0 atom stereocenters. The lowest BCUT2D eigenvalue weighted by Gasteiger charge is -2.23. The van der Waals surface area contributed by atoms with Crippen LogP contribution in [0, 0.1) is 6.92 Å². The van der Waals surface area contributed by atoms with Crippen LogP contribution in [0.4, 0.5) is 0 Å². The first-order valence-electron chi connectivity index (χ1n) is 6.71. The smallest absolute Gasteiger partial charge is 0.189 e. The van der Waals surface area contributed by atoms with Gasteiger partial charge in [0.15, 0.2) is 5.96 Å². The lowest BCUT2D eigenvalue weighted by atomic mass is 9.96. The number of nitrogens with one attached hydrogen (secondary N) is 1. The Hall–Kier alpha value is -1.52. The molecule has 0 bridgehead atoms. The minimum atomic E-state index is 0.510. The molecule has 2 rings (SSSR count). The van der Waals surface area contributed by atoms with E-state index in [2.05, 4.69) is 15.4 Å². The third kappa shape index (κ3) is 3.48. The third-order valence-corrected chi connectivity index (χ3v) is 3.47. The second-order valence-electron chi connectivity index (χ2n) is 5.08. The third-order valence-electron chi connectivity index (χ3n) is 3.47. The molecule has 0 spiro atoms. The van der Waals surface area contributed by atoms with Crippen LogP contribution in [0.3, 0.4) is 0 Å². The van der Waals surface area contributed by atoms with Gasteiger partial charge in [-0.05, 0) is 25.8 Å². The summed E-state index contributed by atoms with van der Waals surface area (Å²) in [7, 11) is 1.93. The molecule has 1 fully saturated rings. The van der Waals surface area contributed by atoms with Gasteiger partial charge in [0.05, 0.1) is 17.9 Å². The van der Waals surface area contributed by atoms with Crippen molar-refractivity contribution in [3.05, 3.63) is 17.5 Å². The van der Waals surface area contributed by atoms with Crippen LogP contribution in [0.5, 0.6) is 0 Å². The Kier molecular flexibility index (Phi) is 4.23. The van der Waals surface area contributed by atoms with E-state index >= 15 is 0 Å². The van der Waals surface area contributed by atoms with Gasteiger partial charge in [0, 0.05) is 13.1 Å². The highest BCUT2D eigenvalue weighted by atomic mass is 15.3. The van der Waals surface area contributed by atoms with Gasteiger partial charge in [0.1, 0.15) is 0 Å². The summed E-state index contributed by atoms with van der Waals surface area (Å²) in [4.78, 5) is 4.39. The molecule has 1 aromatic heterocycles. The van der Waals surface area contributed by atoms with Crippen molar-refractivity contribution in [1.82, 2.24) is 15.1 Å². The van der Waals surface area contributed by atoms with Crippen molar-refractivity contribution in [3.63, 3.8) is 0 Å². The molecule has 5 heteroatoms. The quantitative estimate of drug-likeness (QED) is 0.629. The van der Waals surface area contributed by atoms with E-state index in [1.807, 2.05) is 24.7 Å². The normalized spacial score (nSPS) is 18.0. The van der Waals surface area contributed by atoms with Crippen LogP contribution in [-0.4, -0.2) is 21.8 Å². The largest absolute Gasteiger partial charge is 0.370 e. The lowest BCUT2D eigenvalue weighted by Crippen LogP contribution is -2.41. The zero-order valence-electron chi connectivity index (χ0n) is 11.3. The average molecular weight is 249 g/mol. The van der Waals surface area contributed by atoms with Crippen LogP contribution in [0.1, 0.15) is 43.5 Å². The number of nitrogens with zero attached hydrogens (tertiary/aromatic N) is 3. The molecule has 0 unspecified atom stereocenters. The minimum Gasteiger partial charge on any atom is -0.370 e. The molecular formula is C13H23N5. The maximum Gasteiger partial charge on any atom is 0.189 e. The molecule has 1 aliphatic rings. The summed E-state index contributed by atoms with van der Waals surface area (Å²) in [6, 6.07) is 2.55. The SMILES string of the molecule is Cc1cc(CN=C(N)NC2CCCCC2)n(C)n1. The monoisotopic (exact) mass is 249 g/mol. The summed E-state index contributed by atoms with van der Waals surface area (Å²) < 4.78 is 1.85. The summed E-state index contributed by atoms with van der Waals surface area (Å²) in [6.45, 7) is 2.57. The van der Waals surface area contributed by atoms with E-state index in [0.29, 0.717) is 18.5 Å². The Morgan fingerprint density at radius 2 is 2.22 bits per heavy atom. The summed E-state index contributed by atoms with van der Waals surface area (Å²) in [6.07, 6.45) is 6.36. The molecule has 1 saturated carbocycles. The zero-order chi connectivity index (χ0) is 13.0. The molecule has 0 saturated heterocycles. The molecule has 1 heterocycles. The number of nitrogens with two attached hydrogens (primary N) is 1. The Morgan fingerprint density at radius 1 is 1.50 bits per heavy atom. The van der Waals surface area contributed by atoms with Gasteiger partial charge >= 0.3 is 0 Å². The van der Waals surface area contributed by atoms with Crippen LogP contribution in [0.2, 0.25) is 0 Å². The predicted molar refractivity (Wildman–Crippen MR) is 73.3 cm³/mol. The standard InChI is InChI=1S/C13H23N5/c1-10-8-12(18(2)17-10)9-15-13(14)16-11-6-4-3-5-7-11/h8,11H,3-7,9H2,1-2H3,(H3,14,15,16). The fourth-order valence-electron chi connectivity index (χ4n) is 2.48. The predicted octanol–water partition coefficient (Wildman–Crippen LogP) is 1.47. The van der Waals surface area contributed by atoms with Gasteiger partial charge in [0.25, 0.3) is 0 Å². The summed E-state index contributed by atoms with van der Waals surface area (Å²) in [5, 5.41) is 7.60. The van der Waals surface area contributed by atoms with Crippen molar-refractivity contribution in [3.8, 4) is 0 Å². The Labute approximate surface area is 108 Å². The summed E-state index contributed by atoms with van der Waals surface area (Å²) in [5.41, 5.74) is 8.02. The van der Waals surface area contributed by atoms with E-state index in [-0.39, 0.29) is 0 Å². The molecule has 0 aliphatic heterocycles. The number of aliphatic imine (C=N–C) groups is 1. The number of aromatic nitrogens is 2. The maximum absolute atomic E-state index is 5.92. The van der Waals surface area contributed by atoms with Gasteiger partial charge in [-0.1, -0.05) is 19.3 Å². The van der Waals surface area contributed by atoms with Crippen LogP contribution in [0.15, 0.2) is 11.1 Å². The molecule has 100 valence electrons. The van der Waals surface area contributed by atoms with Gasteiger partial charge in [-0.15, -0.1) is 0 Å². The fraction of sp³-hybridized carbons (Fsp3) is 0.692. The molecule has 5 nitrogen and oxygen atoms in total. The molecule has 0 aromatic carbocycles. The Morgan fingerprint density at radius 3 is 2.83 bits per heavy atom. The van der Waals surface area contributed by atoms with Gasteiger partial charge in [-0.2, -0.15) is 5.10 Å². The van der Waals surface area contributed by atoms with Crippen LogP contribution in [-0.2, 0) is 13.6 Å². The first kappa shape index (κ1) is 12.9. The number of guanidine groups is 1. The fourth-order valence-corrected chi connectivity index (χ4v) is 2.48. The first-order chi connectivity index (χ1) is 8.65. The average Bonchev–Trinajstić information content (AvgIpc) is 2.66. The van der Waals surface area contributed by atoms with Crippen molar-refractivity contribution >= 4 is 5.96 Å². The number of hydrogen-bond acceptors (Lipinski definition) is 2. The van der Waals surface area contributed by atoms with E-state index < -0.39 is 0 Å². The van der Waals surface area contributed by atoms with E-state index in [4.69, 9.17) is 5.73 Å². The molecule has 1 aromatic rings. The van der Waals surface area contributed by atoms with E-state index in [1.165, 1.54) is 32.1 Å². The molecule has 0 radical (unpaired) electrons. The molecular weight excluding hydrogens is 226 g/mol. The van der Waals surface area contributed by atoms with Gasteiger partial charge in [-0.3, -0.25) is 4.68 Å². The van der Waals surface area contributed by atoms with Crippen molar-refractivity contribution in [2.45, 2.75) is 51.6 Å². The van der Waals surface area contributed by atoms with Gasteiger partial charge in [-0.25, -0.2) is 4.99 Å². The topological polar surface area (TPSA) is 68.2 Å². The second kappa shape index (κ2) is 5.89. The van der Waals surface area contributed by atoms with Crippen LogP contribution in [0.25, 0.3) is 0 Å². The van der Waals surface area contributed by atoms with E-state index in [0.717, 1.165) is 11.4 Å². The highest BCUT2D eigenvalue weighted by Crippen LogP contribution is 2.17. The van der Waals surface area contributed by atoms with Crippen molar-refractivity contribution < 1.29 is 0 Å². The highest BCUT2D eigenvalue weighted by Gasteiger charge is 2.13. The summed E-state index contributed by atoms with van der Waals surface area (Å²) >= 11 is 0. The molecule has 18 heavy (non-hydrogen) atoms. The minimum absolute atomic E-state index is 0.510. The van der Waals surface area contributed by atoms with Crippen molar-refractivity contribution in [1.29, 1.82) is 0 Å². The van der Waals surface area contributed by atoms with Gasteiger partial charge < -0.3 is 11.1 Å². The zero-order valence-corrected chi connectivity index (χ0v) is 11.3. The second-order valence-corrected chi connectivity index (χ2v) is 5.08. The first-order valence-corrected chi connectivity index (χ1v) is 6.71. The maximum atomic E-state index is 5.92. The number of hydrogen-bond donors (Lipinski definition) is 2. The Balaban J connectivity index is 1.86. The number of rotatable bonds is 3. The van der Waals surface area contributed by atoms with Crippen molar-refractivity contribution in [2.75, 3.05) is 0 Å². The molecule has 0 amide bonds. The summed E-state index contributed by atoms with van der Waals surface area (Å²) in [5.74, 6) is 0.556. The highest BCUT2D eigenvalue weighted by molar-refractivity contribution is 5.78. The van der Waals surface area contributed by atoms with Crippen molar-refractivity contribution in [2.24, 2.45) is 17.8 Å². The van der Waals surface area contributed by atoms with Gasteiger partial charge in [0.2, 0.25) is 0 Å². The van der Waals surface area contributed by atoms with Crippen LogP contribution >= 0.6 is 0 Å². The van der Waals surface area contributed by atoms with E-state index in [1.54, 1.807) is 0 Å². The Bertz CT molecular complexity index is 415. The number of aryl methyl sites for hydroxylation is 2. The van der Waals surface area contributed by atoms with Crippen LogP contribution < -0.4 is 11.1 Å². The molecule has 1 aliphatic carbocycles.